The molecule has 0 bridgehead atoms. The van der Waals surface area contributed by atoms with Crippen molar-refractivity contribution in [3.05, 3.63) is 75.6 Å². The van der Waals surface area contributed by atoms with E-state index >= 15 is 0 Å². The Labute approximate surface area is 145 Å². The van der Waals surface area contributed by atoms with Crippen LogP contribution >= 0.6 is 0 Å². The molecule has 25 heavy (non-hydrogen) atoms. The number of aliphatic hydroxyl groups excluding tert-OH is 1. The van der Waals surface area contributed by atoms with E-state index in [4.69, 9.17) is 4.42 Å². The molecule has 5 heteroatoms. The van der Waals surface area contributed by atoms with Gasteiger partial charge in [0.1, 0.15) is 11.3 Å². The van der Waals surface area contributed by atoms with E-state index in [-0.39, 0.29) is 18.3 Å². The van der Waals surface area contributed by atoms with Crippen molar-refractivity contribution >= 4 is 11.0 Å². The van der Waals surface area contributed by atoms with Crippen LogP contribution in [-0.4, -0.2) is 16.3 Å². The zero-order valence-electron chi connectivity index (χ0n) is 14.2. The van der Waals surface area contributed by atoms with Crippen LogP contribution in [0, 0.1) is 6.92 Å². The van der Waals surface area contributed by atoms with Gasteiger partial charge in [0.2, 0.25) is 0 Å². The molecule has 0 fully saturated rings. The van der Waals surface area contributed by atoms with Crippen LogP contribution in [0.25, 0.3) is 11.0 Å². The van der Waals surface area contributed by atoms with Crippen LogP contribution in [-0.2, 0) is 6.54 Å². The Kier molecular flexibility index (Phi) is 4.88. The normalized spacial score (nSPS) is 13.7. The van der Waals surface area contributed by atoms with Crippen molar-refractivity contribution < 1.29 is 14.6 Å². The number of nitrogens with one attached hydrogen (secondary N) is 1. The van der Waals surface area contributed by atoms with Crippen molar-refractivity contribution in [3.63, 3.8) is 0 Å². The van der Waals surface area contributed by atoms with E-state index in [0.29, 0.717) is 11.1 Å². The molecule has 0 amide bonds. The lowest BCUT2D eigenvalue weighted by Crippen LogP contribution is -2.31. The minimum Gasteiger partial charge on any atom is -0.507 e. The van der Waals surface area contributed by atoms with Gasteiger partial charge < -0.3 is 19.9 Å². The van der Waals surface area contributed by atoms with Gasteiger partial charge in [0.05, 0.1) is 11.7 Å². The molecule has 2 aromatic carbocycles. The summed E-state index contributed by atoms with van der Waals surface area (Å²) in [5, 5.41) is 24.6. The lowest BCUT2D eigenvalue weighted by molar-refractivity contribution is 0.135. The second-order valence-electron chi connectivity index (χ2n) is 6.21. The molecule has 0 saturated carbocycles. The van der Waals surface area contributed by atoms with Gasteiger partial charge in [0.25, 0.3) is 0 Å². The molecule has 0 aliphatic carbocycles. The van der Waals surface area contributed by atoms with Crippen LogP contribution < -0.4 is 10.9 Å². The summed E-state index contributed by atoms with van der Waals surface area (Å²) in [5.74, 6) is 0.0511. The molecule has 3 rings (SSSR count). The average molecular weight is 339 g/mol. The molecular formula is C20H21NO4. The van der Waals surface area contributed by atoms with E-state index in [2.05, 4.69) is 5.32 Å². The molecule has 0 radical (unpaired) electrons. The standard InChI is InChI=1S/C20H21NO4/c1-12-10-18(23)25-20-15(12)8-9-17(22)16(20)11-21-13(2)19(24)14-6-4-3-5-7-14/h3-10,13,19,21-22,24H,11H2,1-2H3. The number of aromatic hydroxyl groups is 1. The first kappa shape index (κ1) is 17.2. The first-order valence-corrected chi connectivity index (χ1v) is 8.19. The molecule has 5 nitrogen and oxygen atoms in total. The topological polar surface area (TPSA) is 82.7 Å². The molecule has 1 aromatic heterocycles. The Morgan fingerprint density at radius 3 is 2.60 bits per heavy atom. The molecule has 0 spiro atoms. The van der Waals surface area contributed by atoms with Gasteiger partial charge in [-0.3, -0.25) is 0 Å². The lowest BCUT2D eigenvalue weighted by atomic mass is 10.0. The van der Waals surface area contributed by atoms with Gasteiger partial charge in [-0.1, -0.05) is 30.3 Å². The Bertz CT molecular complexity index is 934. The number of benzene rings is 2. The fraction of sp³-hybridized carbons (Fsp3) is 0.250. The highest BCUT2D eigenvalue weighted by Crippen LogP contribution is 2.28. The van der Waals surface area contributed by atoms with Crippen molar-refractivity contribution in [2.24, 2.45) is 0 Å². The number of aryl methyl sites for hydroxylation is 1. The fourth-order valence-corrected chi connectivity index (χ4v) is 2.91. The van der Waals surface area contributed by atoms with Crippen LogP contribution in [0.15, 0.2) is 57.7 Å². The van der Waals surface area contributed by atoms with E-state index in [1.807, 2.05) is 44.2 Å². The number of phenolic OH excluding ortho intramolecular Hbond substituents is 1. The summed E-state index contributed by atoms with van der Waals surface area (Å²) < 4.78 is 5.31. The maximum atomic E-state index is 11.7. The lowest BCUT2D eigenvalue weighted by Gasteiger charge is -2.21. The van der Waals surface area contributed by atoms with E-state index in [1.54, 1.807) is 12.1 Å². The molecule has 0 aliphatic heterocycles. The average Bonchev–Trinajstić information content (AvgIpc) is 2.60. The summed E-state index contributed by atoms with van der Waals surface area (Å²) in [5.41, 5.74) is 2.04. The Hall–Kier alpha value is -2.63. The highest BCUT2D eigenvalue weighted by atomic mass is 16.4. The quantitative estimate of drug-likeness (QED) is 0.623. The largest absolute Gasteiger partial charge is 0.507 e. The molecule has 0 aliphatic rings. The number of aliphatic hydroxyl groups is 1. The molecular weight excluding hydrogens is 318 g/mol. The van der Waals surface area contributed by atoms with Crippen LogP contribution in [0.4, 0.5) is 0 Å². The maximum absolute atomic E-state index is 11.7. The zero-order chi connectivity index (χ0) is 18.0. The van der Waals surface area contributed by atoms with E-state index in [1.165, 1.54) is 6.07 Å². The minimum absolute atomic E-state index is 0.0511. The second kappa shape index (κ2) is 7.09. The van der Waals surface area contributed by atoms with Gasteiger partial charge in [0, 0.05) is 24.0 Å². The SMILES string of the molecule is Cc1cc(=O)oc2c(CNC(C)C(O)c3ccccc3)c(O)ccc12. The van der Waals surface area contributed by atoms with Gasteiger partial charge in [-0.15, -0.1) is 0 Å². The summed E-state index contributed by atoms with van der Waals surface area (Å²) in [7, 11) is 0. The fourth-order valence-electron chi connectivity index (χ4n) is 2.91. The summed E-state index contributed by atoms with van der Waals surface area (Å²) in [6, 6.07) is 13.9. The highest BCUT2D eigenvalue weighted by molar-refractivity contribution is 5.84. The predicted octanol–water partition coefficient (Wildman–Crippen LogP) is 3.02. The van der Waals surface area contributed by atoms with E-state index in [9.17, 15) is 15.0 Å². The predicted molar refractivity (Wildman–Crippen MR) is 96.6 cm³/mol. The highest BCUT2D eigenvalue weighted by Gasteiger charge is 2.18. The van der Waals surface area contributed by atoms with Crippen molar-refractivity contribution in [2.75, 3.05) is 0 Å². The summed E-state index contributed by atoms with van der Waals surface area (Å²) in [6.07, 6.45) is -0.688. The Balaban J connectivity index is 1.86. The zero-order valence-corrected chi connectivity index (χ0v) is 14.2. The summed E-state index contributed by atoms with van der Waals surface area (Å²) >= 11 is 0. The van der Waals surface area contributed by atoms with Crippen LogP contribution in [0.1, 0.15) is 29.7 Å². The first-order valence-electron chi connectivity index (χ1n) is 8.19. The number of rotatable bonds is 5. The summed E-state index contributed by atoms with van der Waals surface area (Å²) in [4.78, 5) is 11.7. The van der Waals surface area contributed by atoms with E-state index in [0.717, 1.165) is 16.5 Å². The molecule has 1 heterocycles. The van der Waals surface area contributed by atoms with Crippen molar-refractivity contribution in [1.29, 1.82) is 0 Å². The second-order valence-corrected chi connectivity index (χ2v) is 6.21. The van der Waals surface area contributed by atoms with Crippen molar-refractivity contribution in [2.45, 2.75) is 32.5 Å². The van der Waals surface area contributed by atoms with Gasteiger partial charge in [0.15, 0.2) is 0 Å². The van der Waals surface area contributed by atoms with Crippen LogP contribution in [0.3, 0.4) is 0 Å². The maximum Gasteiger partial charge on any atom is 0.336 e. The van der Waals surface area contributed by atoms with Crippen molar-refractivity contribution in [3.8, 4) is 5.75 Å². The third-order valence-corrected chi connectivity index (χ3v) is 4.41. The Morgan fingerprint density at radius 1 is 1.16 bits per heavy atom. The van der Waals surface area contributed by atoms with Crippen LogP contribution in [0.5, 0.6) is 5.75 Å². The minimum atomic E-state index is -0.688. The van der Waals surface area contributed by atoms with Crippen LogP contribution in [0.2, 0.25) is 0 Å². The molecule has 0 saturated heterocycles. The smallest absolute Gasteiger partial charge is 0.336 e. The third kappa shape index (κ3) is 3.57. The number of fused-ring (bicyclic) bond motifs is 1. The molecule has 3 N–H and O–H groups in total. The van der Waals surface area contributed by atoms with Crippen molar-refractivity contribution in [1.82, 2.24) is 5.32 Å². The number of phenols is 1. The molecule has 2 unspecified atom stereocenters. The number of hydrogen-bond acceptors (Lipinski definition) is 5. The van der Waals surface area contributed by atoms with Gasteiger partial charge in [-0.2, -0.15) is 0 Å². The monoisotopic (exact) mass is 339 g/mol. The van der Waals surface area contributed by atoms with Gasteiger partial charge >= 0.3 is 5.63 Å². The third-order valence-electron chi connectivity index (χ3n) is 4.41. The molecule has 130 valence electrons. The molecule has 2 atom stereocenters. The Morgan fingerprint density at radius 2 is 1.88 bits per heavy atom. The number of hydrogen-bond donors (Lipinski definition) is 3. The van der Waals surface area contributed by atoms with Gasteiger partial charge in [-0.05, 0) is 37.1 Å². The van der Waals surface area contributed by atoms with E-state index < -0.39 is 11.7 Å². The molecule has 3 aromatic rings. The first-order chi connectivity index (χ1) is 12.0. The summed E-state index contributed by atoms with van der Waals surface area (Å²) in [6.45, 7) is 3.96. The van der Waals surface area contributed by atoms with Gasteiger partial charge in [-0.25, -0.2) is 4.79 Å².